The fourth-order valence-electron chi connectivity index (χ4n) is 5.53. The summed E-state index contributed by atoms with van der Waals surface area (Å²) in [6.07, 6.45) is 12.3. The summed E-state index contributed by atoms with van der Waals surface area (Å²) < 4.78 is 0. The van der Waals surface area contributed by atoms with Gasteiger partial charge in [0.2, 0.25) is 0 Å². The summed E-state index contributed by atoms with van der Waals surface area (Å²) in [6, 6.07) is 0. The van der Waals surface area contributed by atoms with Crippen molar-refractivity contribution in [1.29, 1.82) is 0 Å². The zero-order chi connectivity index (χ0) is 13.9. The Morgan fingerprint density at radius 3 is 2.90 bits per heavy atom. The number of aliphatic hydroxyl groups excluding tert-OH is 1. The Bertz CT molecular complexity index is 418. The molecule has 2 heteroatoms. The highest BCUT2D eigenvalue weighted by Crippen LogP contribution is 2.62. The summed E-state index contributed by atoms with van der Waals surface area (Å²) >= 11 is 0. The SMILES string of the molecule is C[C@]12CC[C@@H]3[C]4[CH][CH]C(=O)[CH][C]4CC[C@H]3[C@@H]1CC[C@@H]2O. The molecule has 20 heavy (non-hydrogen) atoms. The predicted octanol–water partition coefficient (Wildman–Crippen LogP) is 2.93. The van der Waals surface area contributed by atoms with Crippen LogP contribution in [0.5, 0.6) is 0 Å². The van der Waals surface area contributed by atoms with Gasteiger partial charge >= 0.3 is 0 Å². The molecule has 5 radical (unpaired) electrons. The van der Waals surface area contributed by atoms with Crippen molar-refractivity contribution in [2.24, 2.45) is 23.2 Å². The third-order valence-corrected chi connectivity index (χ3v) is 6.65. The lowest BCUT2D eigenvalue weighted by atomic mass is 9.50. The topological polar surface area (TPSA) is 37.3 Å². The third kappa shape index (κ3) is 1.76. The Kier molecular flexibility index (Phi) is 3.03. The molecule has 0 amide bonds. The van der Waals surface area contributed by atoms with E-state index in [2.05, 4.69) is 13.3 Å². The van der Waals surface area contributed by atoms with Gasteiger partial charge in [0.1, 0.15) is 5.78 Å². The molecule has 107 valence electrons. The highest BCUT2D eigenvalue weighted by molar-refractivity contribution is 6.01. The standard InChI is InChI=1S/C18H23O2/c1-18-9-8-14-13-5-3-12(19)10-11(13)2-4-15(14)16(18)6-7-17(18)20/h3,5,10,14-17,20H,2,4,6-9H2,1H3/t14-,15-,16+,17+,18+/m1/s1. The summed E-state index contributed by atoms with van der Waals surface area (Å²) in [5.41, 5.74) is 0.150. The van der Waals surface area contributed by atoms with Crippen LogP contribution in [0.1, 0.15) is 45.4 Å². The van der Waals surface area contributed by atoms with Crippen LogP contribution >= 0.6 is 0 Å². The Morgan fingerprint density at radius 2 is 2.05 bits per heavy atom. The number of carbonyl (C=O) groups excluding carboxylic acids is 1. The molecule has 4 fully saturated rings. The first-order valence-electron chi connectivity index (χ1n) is 8.07. The second kappa shape index (κ2) is 4.56. The average Bonchev–Trinajstić information content (AvgIpc) is 2.74. The largest absolute Gasteiger partial charge is 0.393 e. The molecule has 4 rings (SSSR count). The number of rotatable bonds is 0. The first-order valence-corrected chi connectivity index (χ1v) is 8.07. The zero-order valence-electron chi connectivity index (χ0n) is 12.1. The van der Waals surface area contributed by atoms with Crippen LogP contribution in [0.25, 0.3) is 0 Å². The smallest absolute Gasteiger partial charge is 0.141 e. The van der Waals surface area contributed by atoms with Crippen molar-refractivity contribution in [2.75, 3.05) is 0 Å². The van der Waals surface area contributed by atoms with Crippen molar-refractivity contribution in [3.8, 4) is 0 Å². The number of aliphatic hydroxyl groups is 1. The van der Waals surface area contributed by atoms with Crippen molar-refractivity contribution < 1.29 is 9.90 Å². The summed E-state index contributed by atoms with van der Waals surface area (Å²) in [6.45, 7) is 2.31. The van der Waals surface area contributed by atoms with Crippen molar-refractivity contribution >= 4 is 5.78 Å². The van der Waals surface area contributed by atoms with E-state index in [4.69, 9.17) is 0 Å². The first-order chi connectivity index (χ1) is 9.59. The molecule has 0 heterocycles. The van der Waals surface area contributed by atoms with E-state index in [-0.39, 0.29) is 17.3 Å². The number of ketones is 1. The maximum atomic E-state index is 11.5. The minimum atomic E-state index is -0.0983. The van der Waals surface area contributed by atoms with Crippen LogP contribution in [0, 0.1) is 54.3 Å². The summed E-state index contributed by atoms with van der Waals surface area (Å²) in [5, 5.41) is 10.4. The molecule has 0 aromatic carbocycles. The molecule has 0 aromatic rings. The second-order valence-electron chi connectivity index (χ2n) is 7.41. The highest BCUT2D eigenvalue weighted by Gasteiger charge is 2.57. The van der Waals surface area contributed by atoms with E-state index >= 15 is 0 Å². The Morgan fingerprint density at radius 1 is 1.20 bits per heavy atom. The molecule has 4 saturated carbocycles. The molecular formula is C18H23O2. The van der Waals surface area contributed by atoms with Gasteiger partial charge in [-0.3, -0.25) is 4.79 Å². The molecular weight excluding hydrogens is 248 g/mol. The van der Waals surface area contributed by atoms with Gasteiger partial charge in [-0.15, -0.1) is 0 Å². The second-order valence-corrected chi connectivity index (χ2v) is 7.41. The molecule has 4 aliphatic carbocycles. The van der Waals surface area contributed by atoms with Gasteiger partial charge in [-0.2, -0.15) is 0 Å². The summed E-state index contributed by atoms with van der Waals surface area (Å²) in [7, 11) is 0. The van der Waals surface area contributed by atoms with Crippen LogP contribution in [0.3, 0.4) is 0 Å². The van der Waals surface area contributed by atoms with Crippen LogP contribution < -0.4 is 0 Å². The van der Waals surface area contributed by atoms with Crippen molar-refractivity contribution in [3.63, 3.8) is 0 Å². The van der Waals surface area contributed by atoms with Crippen molar-refractivity contribution in [1.82, 2.24) is 0 Å². The van der Waals surface area contributed by atoms with E-state index in [1.54, 1.807) is 6.42 Å². The zero-order valence-corrected chi connectivity index (χ0v) is 12.1. The van der Waals surface area contributed by atoms with Crippen molar-refractivity contribution in [3.05, 3.63) is 31.1 Å². The maximum absolute atomic E-state index is 11.5. The maximum Gasteiger partial charge on any atom is 0.141 e. The van der Waals surface area contributed by atoms with E-state index in [9.17, 15) is 9.90 Å². The number of hydrogen-bond donors (Lipinski definition) is 1. The lowest BCUT2D eigenvalue weighted by Gasteiger charge is -2.54. The lowest BCUT2D eigenvalue weighted by Crippen LogP contribution is -2.48. The van der Waals surface area contributed by atoms with Gasteiger partial charge in [0.25, 0.3) is 0 Å². The fourth-order valence-corrected chi connectivity index (χ4v) is 5.53. The molecule has 0 saturated heterocycles. The number of carbonyl (C=O) groups is 1. The lowest BCUT2D eigenvalue weighted by molar-refractivity contribution is -0.113. The van der Waals surface area contributed by atoms with E-state index in [0.29, 0.717) is 11.8 Å². The van der Waals surface area contributed by atoms with Gasteiger partial charge in [-0.1, -0.05) is 6.92 Å². The van der Waals surface area contributed by atoms with Crippen LogP contribution in [0.4, 0.5) is 0 Å². The van der Waals surface area contributed by atoms with Gasteiger partial charge in [-0.05, 0) is 80.0 Å². The number of fused-ring (bicyclic) bond motifs is 5. The molecule has 1 N–H and O–H groups in total. The number of hydrogen-bond acceptors (Lipinski definition) is 2. The van der Waals surface area contributed by atoms with Gasteiger partial charge in [0.15, 0.2) is 0 Å². The number of Topliss-reactive ketones (excluding diaryl/α,β-unsaturated/α-hetero) is 1. The Balaban J connectivity index is 1.58. The molecule has 0 bridgehead atoms. The predicted molar refractivity (Wildman–Crippen MR) is 76.7 cm³/mol. The first kappa shape index (κ1) is 13.3. The van der Waals surface area contributed by atoms with E-state index < -0.39 is 0 Å². The van der Waals surface area contributed by atoms with Crippen LogP contribution in [0.15, 0.2) is 0 Å². The third-order valence-electron chi connectivity index (χ3n) is 6.65. The van der Waals surface area contributed by atoms with Gasteiger partial charge in [0.05, 0.1) is 6.10 Å². The Hall–Kier alpha value is -0.370. The van der Waals surface area contributed by atoms with E-state index in [1.165, 1.54) is 31.1 Å². The molecule has 4 aliphatic rings. The van der Waals surface area contributed by atoms with Gasteiger partial charge < -0.3 is 5.11 Å². The normalized spacial score (nSPS) is 49.6. The monoisotopic (exact) mass is 271 g/mol. The minimum Gasteiger partial charge on any atom is -0.393 e. The van der Waals surface area contributed by atoms with Gasteiger partial charge in [-0.25, -0.2) is 0 Å². The highest BCUT2D eigenvalue weighted by atomic mass is 16.3. The van der Waals surface area contributed by atoms with Crippen molar-refractivity contribution in [2.45, 2.75) is 51.6 Å². The summed E-state index contributed by atoms with van der Waals surface area (Å²) in [4.78, 5) is 11.5. The molecule has 0 spiro atoms. The van der Waals surface area contributed by atoms with Crippen LogP contribution in [0.2, 0.25) is 0 Å². The quantitative estimate of drug-likeness (QED) is 0.735. The molecule has 2 nitrogen and oxygen atoms in total. The van der Waals surface area contributed by atoms with Crippen LogP contribution in [-0.2, 0) is 4.79 Å². The van der Waals surface area contributed by atoms with E-state index in [1.807, 2.05) is 6.42 Å². The summed E-state index contributed by atoms with van der Waals surface area (Å²) in [5.74, 6) is 4.90. The molecule has 0 aliphatic heterocycles. The molecule has 5 atom stereocenters. The molecule has 0 aromatic heterocycles. The van der Waals surface area contributed by atoms with E-state index in [0.717, 1.165) is 25.2 Å². The van der Waals surface area contributed by atoms with Crippen LogP contribution in [-0.4, -0.2) is 17.0 Å². The fraction of sp³-hybridized carbons (Fsp3) is 0.667. The minimum absolute atomic E-state index is 0.0983. The van der Waals surface area contributed by atoms with Gasteiger partial charge in [0, 0.05) is 12.8 Å². The average molecular weight is 271 g/mol. The molecule has 0 unspecified atom stereocenters. The Labute approximate surface area is 122 Å².